The Morgan fingerprint density at radius 2 is 1.51 bits per heavy atom. The molecule has 41 heavy (non-hydrogen) atoms. The first-order valence-electron chi connectivity index (χ1n) is 14.7. The highest BCUT2D eigenvalue weighted by Crippen LogP contribution is 2.37. The molecule has 0 radical (unpaired) electrons. The van der Waals surface area contributed by atoms with Crippen LogP contribution in [0.3, 0.4) is 0 Å². The van der Waals surface area contributed by atoms with E-state index in [4.69, 9.17) is 9.47 Å². The van der Waals surface area contributed by atoms with E-state index < -0.39 is 41.1 Å². The second-order valence-electron chi connectivity index (χ2n) is 14.0. The van der Waals surface area contributed by atoms with Crippen LogP contribution in [0.2, 0.25) is 0 Å². The molecule has 0 spiro atoms. The Morgan fingerprint density at radius 1 is 0.902 bits per heavy atom. The van der Waals surface area contributed by atoms with Crippen LogP contribution < -0.4 is 16.0 Å². The monoisotopic (exact) mass is 577 g/mol. The third kappa shape index (κ3) is 12.1. The van der Waals surface area contributed by atoms with Crippen molar-refractivity contribution < 1.29 is 28.7 Å². The summed E-state index contributed by atoms with van der Waals surface area (Å²) in [6, 6.07) is -0.923. The quantitative estimate of drug-likeness (QED) is 0.228. The Bertz CT molecular complexity index is 1040. The molecule has 3 amide bonds. The lowest BCUT2D eigenvalue weighted by atomic mass is 9.71. The Labute approximate surface area is 244 Å². The van der Waals surface area contributed by atoms with Crippen molar-refractivity contribution in [2.45, 2.75) is 131 Å². The summed E-state index contributed by atoms with van der Waals surface area (Å²) in [5.41, 5.74) is -1.12. The maximum atomic E-state index is 13.2. The number of amides is 3. The number of esters is 1. The van der Waals surface area contributed by atoms with Gasteiger partial charge < -0.3 is 30.4 Å². The van der Waals surface area contributed by atoms with Crippen LogP contribution in [0.5, 0.6) is 0 Å². The van der Waals surface area contributed by atoms with Crippen molar-refractivity contribution >= 4 is 23.9 Å². The van der Waals surface area contributed by atoms with E-state index in [1.54, 1.807) is 41.5 Å². The van der Waals surface area contributed by atoms with E-state index in [0.717, 1.165) is 25.7 Å². The predicted molar refractivity (Wildman–Crippen MR) is 156 cm³/mol. The molecule has 0 unspecified atom stereocenters. The number of imidazole rings is 1. The van der Waals surface area contributed by atoms with Crippen LogP contribution in [0.4, 0.5) is 4.79 Å². The number of nitrogens with one attached hydrogen (secondary N) is 4. The Kier molecular flexibility index (Phi) is 11.8. The normalized spacial score (nSPS) is 18.7. The fourth-order valence-electron chi connectivity index (χ4n) is 4.83. The van der Waals surface area contributed by atoms with Crippen LogP contribution in [-0.2, 0) is 14.3 Å². The van der Waals surface area contributed by atoms with E-state index in [0.29, 0.717) is 25.3 Å². The third-order valence-corrected chi connectivity index (χ3v) is 6.95. The number of H-pyrrole nitrogens is 1. The Balaban J connectivity index is 1.98. The molecule has 4 N–H and O–H groups in total. The average molecular weight is 578 g/mol. The molecule has 2 rings (SSSR count). The van der Waals surface area contributed by atoms with Crippen LogP contribution in [-0.4, -0.2) is 63.7 Å². The summed E-state index contributed by atoms with van der Waals surface area (Å²) in [4.78, 5) is 57.9. The molecule has 0 bridgehead atoms. The van der Waals surface area contributed by atoms with Crippen LogP contribution in [0.1, 0.15) is 128 Å². The van der Waals surface area contributed by atoms with Crippen LogP contribution >= 0.6 is 0 Å². The number of carbonyl (C=O) groups is 4. The van der Waals surface area contributed by atoms with E-state index in [1.807, 2.05) is 0 Å². The predicted octanol–water partition coefficient (Wildman–Crippen LogP) is 4.88. The number of alkyl carbamates (subject to hydrolysis) is 1. The van der Waals surface area contributed by atoms with Gasteiger partial charge in [0.2, 0.25) is 0 Å². The van der Waals surface area contributed by atoms with Crippen LogP contribution in [0, 0.1) is 11.3 Å². The lowest BCUT2D eigenvalue weighted by Crippen LogP contribution is -2.45. The van der Waals surface area contributed by atoms with Gasteiger partial charge in [-0.3, -0.25) is 9.59 Å². The second-order valence-corrected chi connectivity index (χ2v) is 14.0. The van der Waals surface area contributed by atoms with Gasteiger partial charge in [-0.05, 0) is 97.8 Å². The summed E-state index contributed by atoms with van der Waals surface area (Å²) < 4.78 is 10.8. The smallest absolute Gasteiger partial charge is 0.407 e. The highest BCUT2D eigenvalue weighted by molar-refractivity contribution is 6.05. The minimum absolute atomic E-state index is 0.0316. The zero-order chi connectivity index (χ0) is 31.0. The maximum absolute atomic E-state index is 13.2. The van der Waals surface area contributed by atoms with E-state index in [1.165, 1.54) is 6.33 Å². The van der Waals surface area contributed by atoms with Gasteiger partial charge in [-0.2, -0.15) is 0 Å². The standard InChI is InChI=1S/C30H51N5O6/c1-28(2,3)19-13-15-20(16-14-19)34-24(36)22-23(33-18-32-22)25(37)35-21(26(38)40-29(4,5)6)12-10-11-17-31-27(39)41-30(7,8)9/h18-21H,10-17H2,1-9H3,(H,31,39)(H,32,33)(H,34,36)(H,35,37)/t19?,20?,21-/m0/s1. The van der Waals surface area contributed by atoms with Crippen molar-refractivity contribution in [3.05, 3.63) is 17.7 Å². The van der Waals surface area contributed by atoms with Crippen LogP contribution in [0.25, 0.3) is 0 Å². The average Bonchev–Trinajstić information content (AvgIpc) is 3.31. The SMILES string of the molecule is CC(C)(C)OC(=O)NCCCC[C@H](NC(=O)c1nc[nH]c1C(=O)NC1CCC(C(C)(C)C)CC1)C(=O)OC(C)(C)C. The summed E-state index contributed by atoms with van der Waals surface area (Å²) in [7, 11) is 0. The molecular formula is C30H51N5O6. The molecule has 0 aliphatic heterocycles. The minimum atomic E-state index is -0.955. The van der Waals surface area contributed by atoms with Crippen LogP contribution in [0.15, 0.2) is 6.33 Å². The second kappa shape index (κ2) is 14.2. The first kappa shape index (κ1) is 34.1. The maximum Gasteiger partial charge on any atom is 0.407 e. The Morgan fingerprint density at radius 3 is 2.07 bits per heavy atom. The van der Waals surface area contributed by atoms with Crippen molar-refractivity contribution in [3.63, 3.8) is 0 Å². The number of hydrogen-bond acceptors (Lipinski definition) is 7. The molecule has 1 fully saturated rings. The van der Waals surface area contributed by atoms with Gasteiger partial charge in [0.15, 0.2) is 5.69 Å². The molecule has 1 atom stereocenters. The van der Waals surface area contributed by atoms with Crippen molar-refractivity contribution in [2.24, 2.45) is 11.3 Å². The highest BCUT2D eigenvalue weighted by Gasteiger charge is 2.32. The van der Waals surface area contributed by atoms with Gasteiger partial charge in [-0.25, -0.2) is 14.6 Å². The number of aromatic amines is 1. The first-order valence-corrected chi connectivity index (χ1v) is 14.7. The molecule has 1 aliphatic carbocycles. The highest BCUT2D eigenvalue weighted by atomic mass is 16.6. The number of aromatic nitrogens is 2. The van der Waals surface area contributed by atoms with Crippen molar-refractivity contribution in [1.82, 2.24) is 25.9 Å². The molecule has 11 heteroatoms. The summed E-state index contributed by atoms with van der Waals surface area (Å²) in [6.45, 7) is 17.7. The zero-order valence-corrected chi connectivity index (χ0v) is 26.4. The number of unbranched alkanes of at least 4 members (excludes halogenated alkanes) is 1. The molecule has 232 valence electrons. The zero-order valence-electron chi connectivity index (χ0n) is 26.4. The van der Waals surface area contributed by atoms with Gasteiger partial charge in [0.1, 0.15) is 22.9 Å². The number of carbonyl (C=O) groups excluding carboxylic acids is 4. The number of rotatable bonds is 10. The fraction of sp³-hybridized carbons (Fsp3) is 0.767. The molecule has 11 nitrogen and oxygen atoms in total. The van der Waals surface area contributed by atoms with Gasteiger partial charge in [-0.15, -0.1) is 0 Å². The topological polar surface area (TPSA) is 152 Å². The van der Waals surface area contributed by atoms with Gasteiger partial charge >= 0.3 is 12.1 Å². The molecule has 1 saturated carbocycles. The molecule has 0 saturated heterocycles. The van der Waals surface area contributed by atoms with E-state index in [-0.39, 0.29) is 29.3 Å². The van der Waals surface area contributed by atoms with Gasteiger partial charge in [0.05, 0.1) is 6.33 Å². The Hall–Kier alpha value is -3.11. The molecular weight excluding hydrogens is 526 g/mol. The number of nitrogens with zero attached hydrogens (tertiary/aromatic N) is 1. The summed E-state index contributed by atoms with van der Waals surface area (Å²) in [5, 5.41) is 8.43. The molecule has 1 aromatic heterocycles. The fourth-order valence-corrected chi connectivity index (χ4v) is 4.83. The summed E-state index contributed by atoms with van der Waals surface area (Å²) >= 11 is 0. The van der Waals surface area contributed by atoms with Crippen molar-refractivity contribution in [1.29, 1.82) is 0 Å². The largest absolute Gasteiger partial charge is 0.458 e. The van der Waals surface area contributed by atoms with Crippen molar-refractivity contribution in [3.8, 4) is 0 Å². The molecule has 0 aromatic carbocycles. The lowest BCUT2D eigenvalue weighted by molar-refractivity contribution is -0.157. The summed E-state index contributed by atoms with van der Waals surface area (Å²) in [6.07, 6.45) is 5.98. The third-order valence-electron chi connectivity index (χ3n) is 6.95. The number of hydrogen-bond donors (Lipinski definition) is 4. The van der Waals surface area contributed by atoms with Crippen molar-refractivity contribution in [2.75, 3.05) is 6.54 Å². The summed E-state index contributed by atoms with van der Waals surface area (Å²) in [5.74, 6) is -1.01. The number of ether oxygens (including phenoxy) is 2. The van der Waals surface area contributed by atoms with Gasteiger partial charge in [0, 0.05) is 12.6 Å². The van der Waals surface area contributed by atoms with E-state index in [9.17, 15) is 19.2 Å². The first-order chi connectivity index (χ1) is 18.9. The lowest BCUT2D eigenvalue weighted by Gasteiger charge is -2.37. The van der Waals surface area contributed by atoms with Gasteiger partial charge in [-0.1, -0.05) is 20.8 Å². The molecule has 1 aliphatic rings. The minimum Gasteiger partial charge on any atom is -0.458 e. The van der Waals surface area contributed by atoms with E-state index in [2.05, 4.69) is 46.7 Å². The van der Waals surface area contributed by atoms with Gasteiger partial charge in [0.25, 0.3) is 11.8 Å². The molecule has 1 aromatic rings. The van der Waals surface area contributed by atoms with E-state index >= 15 is 0 Å². The molecule has 1 heterocycles.